The summed E-state index contributed by atoms with van der Waals surface area (Å²) in [7, 11) is 0. The van der Waals surface area contributed by atoms with Crippen LogP contribution in [0.5, 0.6) is 0 Å². The van der Waals surface area contributed by atoms with Crippen LogP contribution in [0.3, 0.4) is 0 Å². The minimum absolute atomic E-state index is 0.122. The highest BCUT2D eigenvalue weighted by atomic mass is 19.1. The van der Waals surface area contributed by atoms with Gasteiger partial charge in [0, 0.05) is 6.04 Å². The van der Waals surface area contributed by atoms with Crippen LogP contribution in [0.1, 0.15) is 81.5 Å². The van der Waals surface area contributed by atoms with Crippen molar-refractivity contribution < 1.29 is 4.39 Å². The van der Waals surface area contributed by atoms with Crippen molar-refractivity contribution in [2.75, 3.05) is 6.54 Å². The average molecular weight is 293 g/mol. The number of unbranched alkanes of at least 4 members (excludes halogenated alkanes) is 5. The van der Waals surface area contributed by atoms with Crippen LogP contribution in [0.2, 0.25) is 0 Å². The van der Waals surface area contributed by atoms with Crippen LogP contribution < -0.4 is 5.32 Å². The summed E-state index contributed by atoms with van der Waals surface area (Å²) in [5.74, 6) is -0.122. The zero-order chi connectivity index (χ0) is 15.7. The number of hydrogen-bond acceptors (Lipinski definition) is 1. The van der Waals surface area contributed by atoms with E-state index in [4.69, 9.17) is 0 Å². The molecule has 0 aliphatic rings. The standard InChI is InChI=1S/C19H32FN/c1-5-7-8-9-10-11-12-18(21-6-2)19-15(3)13-17(20)14-16(19)4/h13-14,18,21H,5-12H2,1-4H3. The minimum Gasteiger partial charge on any atom is -0.310 e. The molecule has 0 saturated heterocycles. The fraction of sp³-hybridized carbons (Fsp3) is 0.684. The van der Waals surface area contributed by atoms with E-state index in [9.17, 15) is 4.39 Å². The molecule has 0 fully saturated rings. The van der Waals surface area contributed by atoms with Crippen molar-refractivity contribution in [3.8, 4) is 0 Å². The van der Waals surface area contributed by atoms with Crippen LogP contribution in [-0.2, 0) is 0 Å². The molecular formula is C19H32FN. The van der Waals surface area contributed by atoms with Gasteiger partial charge in [0.25, 0.3) is 0 Å². The molecule has 1 aromatic carbocycles. The summed E-state index contributed by atoms with van der Waals surface area (Å²) < 4.78 is 13.5. The molecule has 21 heavy (non-hydrogen) atoms. The molecule has 120 valence electrons. The molecule has 1 nitrogen and oxygen atoms in total. The Morgan fingerprint density at radius 1 is 0.952 bits per heavy atom. The highest BCUT2D eigenvalue weighted by Crippen LogP contribution is 2.27. The molecule has 1 atom stereocenters. The normalized spacial score (nSPS) is 12.6. The van der Waals surface area contributed by atoms with Crippen LogP contribution in [0.15, 0.2) is 12.1 Å². The summed E-state index contributed by atoms with van der Waals surface area (Å²) in [6.07, 6.45) is 9.05. The number of rotatable bonds is 10. The Balaban J connectivity index is 2.61. The summed E-state index contributed by atoms with van der Waals surface area (Å²) in [6, 6.07) is 3.68. The summed E-state index contributed by atoms with van der Waals surface area (Å²) in [5, 5.41) is 3.58. The quantitative estimate of drug-likeness (QED) is 0.534. The lowest BCUT2D eigenvalue weighted by Gasteiger charge is -2.22. The second-order valence-corrected chi connectivity index (χ2v) is 6.12. The van der Waals surface area contributed by atoms with Crippen molar-refractivity contribution >= 4 is 0 Å². The molecule has 0 amide bonds. The van der Waals surface area contributed by atoms with Gasteiger partial charge in [-0.1, -0.05) is 52.4 Å². The van der Waals surface area contributed by atoms with Gasteiger partial charge in [-0.05, 0) is 55.6 Å². The second kappa shape index (κ2) is 9.94. The van der Waals surface area contributed by atoms with Gasteiger partial charge < -0.3 is 5.32 Å². The number of nitrogens with one attached hydrogen (secondary N) is 1. The molecule has 2 heteroatoms. The highest BCUT2D eigenvalue weighted by molar-refractivity contribution is 5.36. The maximum Gasteiger partial charge on any atom is 0.123 e. The van der Waals surface area contributed by atoms with Gasteiger partial charge in [0.2, 0.25) is 0 Å². The largest absolute Gasteiger partial charge is 0.310 e. The van der Waals surface area contributed by atoms with Crippen LogP contribution >= 0.6 is 0 Å². The number of aryl methyl sites for hydroxylation is 2. The highest BCUT2D eigenvalue weighted by Gasteiger charge is 2.15. The first-order valence-electron chi connectivity index (χ1n) is 8.60. The van der Waals surface area contributed by atoms with Crippen LogP contribution in [0.4, 0.5) is 4.39 Å². The molecule has 1 aromatic rings. The Morgan fingerprint density at radius 2 is 1.52 bits per heavy atom. The van der Waals surface area contributed by atoms with E-state index >= 15 is 0 Å². The van der Waals surface area contributed by atoms with Gasteiger partial charge in [0.15, 0.2) is 0 Å². The van der Waals surface area contributed by atoms with E-state index < -0.39 is 0 Å². The SMILES string of the molecule is CCCCCCCCC(NCC)c1c(C)cc(F)cc1C. The van der Waals surface area contributed by atoms with Crippen molar-refractivity contribution in [1.82, 2.24) is 5.32 Å². The fourth-order valence-corrected chi connectivity index (χ4v) is 3.20. The molecule has 0 spiro atoms. The first-order valence-corrected chi connectivity index (χ1v) is 8.60. The van der Waals surface area contributed by atoms with E-state index in [1.165, 1.54) is 44.1 Å². The summed E-state index contributed by atoms with van der Waals surface area (Å²) in [4.78, 5) is 0. The molecule has 0 saturated carbocycles. The van der Waals surface area contributed by atoms with E-state index in [2.05, 4.69) is 19.2 Å². The molecular weight excluding hydrogens is 261 g/mol. The third kappa shape index (κ3) is 6.17. The van der Waals surface area contributed by atoms with E-state index in [1.807, 2.05) is 13.8 Å². The van der Waals surface area contributed by atoms with Crippen molar-refractivity contribution in [1.29, 1.82) is 0 Å². The summed E-state index contributed by atoms with van der Waals surface area (Å²) in [6.45, 7) is 9.40. The average Bonchev–Trinajstić information content (AvgIpc) is 2.41. The Morgan fingerprint density at radius 3 is 2.10 bits per heavy atom. The predicted octanol–water partition coefficient (Wildman–Crippen LogP) is 5.84. The van der Waals surface area contributed by atoms with Gasteiger partial charge in [-0.2, -0.15) is 0 Å². The van der Waals surface area contributed by atoms with Gasteiger partial charge in [-0.3, -0.25) is 0 Å². The van der Waals surface area contributed by atoms with Gasteiger partial charge in [0.1, 0.15) is 5.82 Å². The second-order valence-electron chi connectivity index (χ2n) is 6.12. The van der Waals surface area contributed by atoms with Crippen LogP contribution in [0, 0.1) is 19.7 Å². The first kappa shape index (κ1) is 18.2. The maximum absolute atomic E-state index is 13.5. The smallest absolute Gasteiger partial charge is 0.123 e. The van der Waals surface area contributed by atoms with Crippen molar-refractivity contribution in [3.05, 3.63) is 34.6 Å². The number of benzene rings is 1. The van der Waals surface area contributed by atoms with E-state index in [-0.39, 0.29) is 5.82 Å². The molecule has 0 aliphatic carbocycles. The molecule has 0 bridgehead atoms. The van der Waals surface area contributed by atoms with E-state index in [0.29, 0.717) is 6.04 Å². The number of halogens is 1. The third-order valence-electron chi connectivity index (χ3n) is 4.20. The molecule has 1 N–H and O–H groups in total. The minimum atomic E-state index is -0.122. The Kier molecular flexibility index (Phi) is 8.60. The third-order valence-corrected chi connectivity index (χ3v) is 4.20. The van der Waals surface area contributed by atoms with Crippen molar-refractivity contribution in [3.63, 3.8) is 0 Å². The number of hydrogen-bond donors (Lipinski definition) is 1. The fourth-order valence-electron chi connectivity index (χ4n) is 3.20. The van der Waals surface area contributed by atoms with Crippen LogP contribution in [-0.4, -0.2) is 6.54 Å². The zero-order valence-electron chi connectivity index (χ0n) is 14.3. The lowest BCUT2D eigenvalue weighted by atomic mass is 9.92. The lowest BCUT2D eigenvalue weighted by molar-refractivity contribution is 0.473. The molecule has 1 rings (SSSR count). The first-order chi connectivity index (χ1) is 10.1. The van der Waals surface area contributed by atoms with E-state index in [0.717, 1.165) is 24.1 Å². The molecule has 0 heterocycles. The maximum atomic E-state index is 13.5. The molecule has 1 unspecified atom stereocenters. The summed E-state index contributed by atoms with van der Waals surface area (Å²) in [5.41, 5.74) is 3.45. The van der Waals surface area contributed by atoms with Crippen molar-refractivity contribution in [2.24, 2.45) is 0 Å². The predicted molar refractivity (Wildman–Crippen MR) is 90.3 cm³/mol. The van der Waals surface area contributed by atoms with E-state index in [1.54, 1.807) is 12.1 Å². The van der Waals surface area contributed by atoms with Gasteiger partial charge in [-0.15, -0.1) is 0 Å². The molecule has 0 aliphatic heterocycles. The lowest BCUT2D eigenvalue weighted by Crippen LogP contribution is -2.22. The zero-order valence-corrected chi connectivity index (χ0v) is 14.3. The Bertz CT molecular complexity index is 391. The summed E-state index contributed by atoms with van der Waals surface area (Å²) >= 11 is 0. The van der Waals surface area contributed by atoms with Gasteiger partial charge >= 0.3 is 0 Å². The Labute approximate surface area is 130 Å². The Hall–Kier alpha value is -0.890. The monoisotopic (exact) mass is 293 g/mol. The molecule has 0 radical (unpaired) electrons. The van der Waals surface area contributed by atoms with Gasteiger partial charge in [-0.25, -0.2) is 4.39 Å². The van der Waals surface area contributed by atoms with Gasteiger partial charge in [0.05, 0.1) is 0 Å². The topological polar surface area (TPSA) is 12.0 Å². The molecule has 0 aromatic heterocycles. The van der Waals surface area contributed by atoms with Crippen molar-refractivity contribution in [2.45, 2.75) is 78.7 Å². The van der Waals surface area contributed by atoms with Crippen LogP contribution in [0.25, 0.3) is 0 Å².